The maximum Gasteiger partial charge on any atom is 0.133 e. The third kappa shape index (κ3) is 5.16. The summed E-state index contributed by atoms with van der Waals surface area (Å²) in [5, 5.41) is 16.4. The van der Waals surface area contributed by atoms with E-state index in [0.717, 1.165) is 69.4 Å². The van der Waals surface area contributed by atoms with Crippen molar-refractivity contribution in [3.63, 3.8) is 0 Å². The number of hydrogen-bond donors (Lipinski definition) is 2. The zero-order valence-electron chi connectivity index (χ0n) is 18.5. The molecule has 2 fully saturated rings. The molecular formula is C26H34Cl2N2O2. The van der Waals surface area contributed by atoms with Gasteiger partial charge in [0.05, 0.1) is 11.9 Å². The number of benzene rings is 2. The van der Waals surface area contributed by atoms with Crippen LogP contribution in [0.1, 0.15) is 43.6 Å². The van der Waals surface area contributed by atoms with E-state index in [4.69, 9.17) is 4.42 Å². The van der Waals surface area contributed by atoms with Gasteiger partial charge in [-0.05, 0) is 47.7 Å². The van der Waals surface area contributed by atoms with Crippen LogP contribution in [0.15, 0.2) is 59.2 Å². The molecule has 1 aromatic heterocycles. The molecule has 0 amide bonds. The highest BCUT2D eigenvalue weighted by Crippen LogP contribution is 2.43. The Balaban J connectivity index is 0.00000144. The first kappa shape index (κ1) is 25.1. The minimum Gasteiger partial charge on any atom is -0.464 e. The van der Waals surface area contributed by atoms with Crippen LogP contribution in [0.25, 0.3) is 22.1 Å². The molecule has 6 heteroatoms. The second-order valence-electron chi connectivity index (χ2n) is 9.03. The molecule has 174 valence electrons. The molecule has 1 aliphatic heterocycles. The fourth-order valence-electron chi connectivity index (χ4n) is 5.42. The highest BCUT2D eigenvalue weighted by molar-refractivity contribution is 5.86. The van der Waals surface area contributed by atoms with Crippen LogP contribution in [0.4, 0.5) is 0 Å². The molecule has 2 heterocycles. The van der Waals surface area contributed by atoms with E-state index in [1.54, 1.807) is 6.26 Å². The summed E-state index contributed by atoms with van der Waals surface area (Å²) in [4.78, 5) is 2.53. The molecule has 1 unspecified atom stereocenters. The molecule has 0 spiro atoms. The maximum atomic E-state index is 11.9. The van der Waals surface area contributed by atoms with Gasteiger partial charge >= 0.3 is 0 Å². The van der Waals surface area contributed by atoms with Gasteiger partial charge in [-0.3, -0.25) is 0 Å². The van der Waals surface area contributed by atoms with Crippen molar-refractivity contribution in [3.8, 4) is 11.1 Å². The van der Waals surface area contributed by atoms with Gasteiger partial charge < -0.3 is 19.7 Å². The van der Waals surface area contributed by atoms with E-state index in [-0.39, 0.29) is 30.7 Å². The van der Waals surface area contributed by atoms with Crippen molar-refractivity contribution >= 4 is 35.8 Å². The van der Waals surface area contributed by atoms with Crippen LogP contribution in [0.5, 0.6) is 0 Å². The van der Waals surface area contributed by atoms with E-state index in [1.807, 2.05) is 6.07 Å². The SMILES string of the molecule is Cl.Cl.OC1(C(CN2CCNCC2)c2ccccc2-c2ccc3occc3c2)CCCCC1. The topological polar surface area (TPSA) is 48.6 Å². The third-order valence-electron chi connectivity index (χ3n) is 7.12. The van der Waals surface area contributed by atoms with E-state index < -0.39 is 5.60 Å². The van der Waals surface area contributed by atoms with Gasteiger partial charge in [-0.25, -0.2) is 0 Å². The number of aliphatic hydroxyl groups is 1. The quantitative estimate of drug-likeness (QED) is 0.500. The van der Waals surface area contributed by atoms with Crippen LogP contribution in [-0.2, 0) is 0 Å². The highest BCUT2D eigenvalue weighted by atomic mass is 35.5. The van der Waals surface area contributed by atoms with Gasteiger partial charge in [-0.1, -0.05) is 49.6 Å². The summed E-state index contributed by atoms with van der Waals surface area (Å²) in [5.41, 5.74) is 4.01. The zero-order chi connectivity index (χ0) is 20.4. The molecule has 2 aromatic carbocycles. The Labute approximate surface area is 203 Å². The summed E-state index contributed by atoms with van der Waals surface area (Å²) >= 11 is 0. The second-order valence-corrected chi connectivity index (χ2v) is 9.03. The van der Waals surface area contributed by atoms with Gasteiger partial charge in [0, 0.05) is 44.0 Å². The van der Waals surface area contributed by atoms with Crippen LogP contribution in [0.3, 0.4) is 0 Å². The Morgan fingerprint density at radius 1 is 0.969 bits per heavy atom. The van der Waals surface area contributed by atoms with Crippen LogP contribution in [-0.4, -0.2) is 48.3 Å². The lowest BCUT2D eigenvalue weighted by Crippen LogP contribution is -2.49. The van der Waals surface area contributed by atoms with E-state index in [1.165, 1.54) is 23.1 Å². The number of nitrogens with one attached hydrogen (secondary N) is 1. The Hall–Kier alpha value is -1.56. The van der Waals surface area contributed by atoms with E-state index in [0.29, 0.717) is 0 Å². The average molecular weight is 477 g/mol. The number of hydrogen-bond acceptors (Lipinski definition) is 4. The first-order valence-corrected chi connectivity index (χ1v) is 11.4. The normalized spacial score (nSPS) is 19.7. The average Bonchev–Trinajstić information content (AvgIpc) is 3.27. The van der Waals surface area contributed by atoms with Gasteiger partial charge in [0.2, 0.25) is 0 Å². The van der Waals surface area contributed by atoms with Gasteiger partial charge in [-0.15, -0.1) is 24.8 Å². The molecule has 0 bridgehead atoms. The highest BCUT2D eigenvalue weighted by Gasteiger charge is 2.40. The molecule has 5 rings (SSSR count). The molecule has 0 radical (unpaired) electrons. The van der Waals surface area contributed by atoms with Crippen LogP contribution in [0.2, 0.25) is 0 Å². The number of nitrogens with zero attached hydrogens (tertiary/aromatic N) is 1. The van der Waals surface area contributed by atoms with Crippen molar-refractivity contribution in [3.05, 3.63) is 60.4 Å². The third-order valence-corrected chi connectivity index (χ3v) is 7.12. The number of rotatable bonds is 5. The minimum atomic E-state index is -0.626. The number of furan rings is 1. The Kier molecular flexibility index (Phi) is 8.65. The Morgan fingerprint density at radius 2 is 1.72 bits per heavy atom. The molecule has 32 heavy (non-hydrogen) atoms. The van der Waals surface area contributed by atoms with Gasteiger partial charge in [0.15, 0.2) is 0 Å². The van der Waals surface area contributed by atoms with Crippen LogP contribution < -0.4 is 5.32 Å². The molecule has 1 aliphatic carbocycles. The van der Waals surface area contributed by atoms with Crippen LogP contribution >= 0.6 is 24.8 Å². The molecule has 3 aromatic rings. The molecular weight excluding hydrogens is 443 g/mol. The summed E-state index contributed by atoms with van der Waals surface area (Å²) < 4.78 is 5.55. The Bertz CT molecular complexity index is 994. The molecule has 1 atom stereocenters. The maximum absolute atomic E-state index is 11.9. The summed E-state index contributed by atoms with van der Waals surface area (Å²) in [6, 6.07) is 17.2. The van der Waals surface area contributed by atoms with Gasteiger partial charge in [0.1, 0.15) is 5.58 Å². The minimum absolute atomic E-state index is 0. The summed E-state index contributed by atoms with van der Waals surface area (Å²) in [7, 11) is 0. The molecule has 4 nitrogen and oxygen atoms in total. The first-order valence-electron chi connectivity index (χ1n) is 11.4. The van der Waals surface area contributed by atoms with E-state index >= 15 is 0 Å². The number of fused-ring (bicyclic) bond motifs is 1. The van der Waals surface area contributed by atoms with Crippen molar-refractivity contribution in [1.82, 2.24) is 10.2 Å². The zero-order valence-corrected chi connectivity index (χ0v) is 20.1. The fourth-order valence-corrected chi connectivity index (χ4v) is 5.42. The Morgan fingerprint density at radius 3 is 2.50 bits per heavy atom. The lowest BCUT2D eigenvalue weighted by molar-refractivity contribution is -0.0315. The molecule has 1 saturated carbocycles. The van der Waals surface area contributed by atoms with Gasteiger partial charge in [0.25, 0.3) is 0 Å². The van der Waals surface area contributed by atoms with E-state index in [9.17, 15) is 5.11 Å². The summed E-state index contributed by atoms with van der Waals surface area (Å²) in [5.74, 6) is 0.118. The van der Waals surface area contributed by atoms with Crippen LogP contribution in [0, 0.1) is 0 Å². The first-order chi connectivity index (χ1) is 14.7. The fraction of sp³-hybridized carbons (Fsp3) is 0.462. The lowest BCUT2D eigenvalue weighted by atomic mass is 9.71. The molecule has 2 N–H and O–H groups in total. The van der Waals surface area contributed by atoms with Crippen molar-refractivity contribution in [2.75, 3.05) is 32.7 Å². The summed E-state index contributed by atoms with van der Waals surface area (Å²) in [6.45, 7) is 5.09. The predicted molar refractivity (Wildman–Crippen MR) is 136 cm³/mol. The predicted octanol–water partition coefficient (Wildman–Crippen LogP) is 5.63. The van der Waals surface area contributed by atoms with Crippen molar-refractivity contribution in [2.24, 2.45) is 0 Å². The lowest BCUT2D eigenvalue weighted by Gasteiger charge is -2.43. The second kappa shape index (κ2) is 11.0. The van der Waals surface area contributed by atoms with E-state index in [2.05, 4.69) is 52.7 Å². The smallest absolute Gasteiger partial charge is 0.133 e. The monoisotopic (exact) mass is 476 g/mol. The largest absolute Gasteiger partial charge is 0.464 e. The summed E-state index contributed by atoms with van der Waals surface area (Å²) in [6.07, 6.45) is 7.03. The van der Waals surface area contributed by atoms with Crippen molar-refractivity contribution < 1.29 is 9.52 Å². The number of halogens is 2. The molecule has 2 aliphatic rings. The standard InChI is InChI=1S/C26H32N2O2.2ClH/c29-26(11-4-1-5-12-26)24(19-28-15-13-27-14-16-28)23-7-3-2-6-22(23)20-8-9-25-21(18-20)10-17-30-25;;/h2-3,6-10,17-18,24,27,29H,1,4-5,11-16,19H2;2*1H. The number of piperazine rings is 1. The van der Waals surface area contributed by atoms with Crippen molar-refractivity contribution in [1.29, 1.82) is 0 Å². The van der Waals surface area contributed by atoms with Gasteiger partial charge in [-0.2, -0.15) is 0 Å². The van der Waals surface area contributed by atoms with Crippen molar-refractivity contribution in [2.45, 2.75) is 43.6 Å². The molecule has 1 saturated heterocycles.